The molecule has 0 fully saturated rings. The van der Waals surface area contributed by atoms with E-state index in [0.29, 0.717) is 21.5 Å². The summed E-state index contributed by atoms with van der Waals surface area (Å²) in [5.74, 6) is 4.69. The van der Waals surface area contributed by atoms with Crippen molar-refractivity contribution in [3.8, 4) is 0 Å². The molecule has 5 nitrogen and oxygen atoms in total. The average Bonchev–Trinajstić information content (AvgIpc) is 2.52. The van der Waals surface area contributed by atoms with E-state index in [4.69, 9.17) is 5.84 Å². The van der Waals surface area contributed by atoms with E-state index in [0.717, 1.165) is 24.2 Å². The summed E-state index contributed by atoms with van der Waals surface area (Å²) in [7, 11) is 0. The molecule has 2 aromatic rings. The summed E-state index contributed by atoms with van der Waals surface area (Å²) in [6.07, 6.45) is 0. The van der Waals surface area contributed by atoms with Crippen LogP contribution in [0.2, 0.25) is 0 Å². The van der Waals surface area contributed by atoms with Gasteiger partial charge in [-0.1, -0.05) is 12.1 Å². The van der Waals surface area contributed by atoms with Crippen molar-refractivity contribution in [3.05, 3.63) is 41.5 Å². The van der Waals surface area contributed by atoms with Crippen molar-refractivity contribution >= 4 is 28.3 Å². The Morgan fingerprint density at radius 1 is 1.00 bits per heavy atom. The Labute approximate surface area is 122 Å². The smallest absolute Gasteiger partial charge is 0.275 e. The quantitative estimate of drug-likeness (QED) is 0.532. The van der Waals surface area contributed by atoms with Crippen LogP contribution in [0.5, 0.6) is 0 Å². The molecular weight excluding hydrogens is 266 g/mol. The molecule has 0 bridgehead atoms. The summed E-state index contributed by atoms with van der Waals surface area (Å²) in [6, 6.07) is 9.18. The molecule has 2 amide bonds. The van der Waals surface area contributed by atoms with Gasteiger partial charge in [0.2, 0.25) is 0 Å². The SMILES string of the molecule is CCN(CC)c1ccc2c3c(cccc13)C(=O)N(N)C2=O. The molecule has 0 saturated heterocycles. The number of nitrogens with two attached hydrogens (primary N) is 1. The average molecular weight is 283 g/mol. The minimum absolute atomic E-state index is 0.449. The lowest BCUT2D eigenvalue weighted by molar-refractivity contribution is 0.0610. The molecule has 2 aromatic carbocycles. The van der Waals surface area contributed by atoms with Gasteiger partial charge in [0.25, 0.3) is 11.8 Å². The standard InChI is InChI=1S/C16H17N3O2/c1-3-18(4-2)13-9-8-12-14-10(13)6-5-7-11(14)15(20)19(17)16(12)21/h5-9H,3-4,17H2,1-2H3. The third-order valence-electron chi connectivity index (χ3n) is 4.02. The molecule has 108 valence electrons. The zero-order valence-corrected chi connectivity index (χ0v) is 12.1. The molecule has 0 atom stereocenters. The molecule has 2 N–H and O–H groups in total. The molecule has 1 aliphatic rings. The van der Waals surface area contributed by atoms with E-state index in [9.17, 15) is 9.59 Å². The molecule has 0 radical (unpaired) electrons. The van der Waals surface area contributed by atoms with E-state index in [-0.39, 0.29) is 0 Å². The number of amides is 2. The van der Waals surface area contributed by atoms with Gasteiger partial charge < -0.3 is 4.90 Å². The fourth-order valence-corrected chi connectivity index (χ4v) is 2.94. The number of hydrazine groups is 1. The third kappa shape index (κ3) is 1.81. The van der Waals surface area contributed by atoms with Crippen molar-refractivity contribution in [1.82, 2.24) is 5.01 Å². The monoisotopic (exact) mass is 283 g/mol. The molecule has 1 heterocycles. The Hall–Kier alpha value is -2.40. The van der Waals surface area contributed by atoms with Crippen LogP contribution in [-0.2, 0) is 0 Å². The lowest BCUT2D eigenvalue weighted by Crippen LogP contribution is -2.45. The van der Waals surface area contributed by atoms with E-state index < -0.39 is 11.8 Å². The highest BCUT2D eigenvalue weighted by atomic mass is 16.2. The highest BCUT2D eigenvalue weighted by Crippen LogP contribution is 2.35. The first-order valence-corrected chi connectivity index (χ1v) is 7.04. The van der Waals surface area contributed by atoms with E-state index in [2.05, 4.69) is 18.7 Å². The fourth-order valence-electron chi connectivity index (χ4n) is 2.94. The second kappa shape index (κ2) is 4.86. The van der Waals surface area contributed by atoms with Crippen molar-refractivity contribution in [3.63, 3.8) is 0 Å². The van der Waals surface area contributed by atoms with Crippen LogP contribution < -0.4 is 10.7 Å². The number of nitrogens with zero attached hydrogens (tertiary/aromatic N) is 2. The first-order chi connectivity index (χ1) is 10.1. The molecule has 1 aliphatic heterocycles. The van der Waals surface area contributed by atoms with Crippen molar-refractivity contribution in [1.29, 1.82) is 0 Å². The maximum atomic E-state index is 12.2. The van der Waals surface area contributed by atoms with Gasteiger partial charge in [-0.15, -0.1) is 0 Å². The number of hydrogen-bond acceptors (Lipinski definition) is 4. The van der Waals surface area contributed by atoms with Gasteiger partial charge in [-0.05, 0) is 32.0 Å². The van der Waals surface area contributed by atoms with Crippen LogP contribution >= 0.6 is 0 Å². The summed E-state index contributed by atoms with van der Waals surface area (Å²) in [5.41, 5.74) is 2.00. The summed E-state index contributed by atoms with van der Waals surface area (Å²) in [6.45, 7) is 5.88. The number of anilines is 1. The lowest BCUT2D eigenvalue weighted by atomic mass is 9.93. The topological polar surface area (TPSA) is 66.6 Å². The Morgan fingerprint density at radius 3 is 2.24 bits per heavy atom. The minimum Gasteiger partial charge on any atom is -0.372 e. The Morgan fingerprint density at radius 2 is 1.62 bits per heavy atom. The van der Waals surface area contributed by atoms with Gasteiger partial charge in [-0.2, -0.15) is 0 Å². The first kappa shape index (κ1) is 13.6. The number of hydrogen-bond donors (Lipinski definition) is 1. The van der Waals surface area contributed by atoms with Crippen molar-refractivity contribution in [2.24, 2.45) is 5.84 Å². The highest BCUT2D eigenvalue weighted by Gasteiger charge is 2.31. The summed E-state index contributed by atoms with van der Waals surface area (Å²) in [5, 5.41) is 2.32. The third-order valence-corrected chi connectivity index (χ3v) is 4.02. The van der Waals surface area contributed by atoms with Crippen molar-refractivity contribution in [2.45, 2.75) is 13.8 Å². The van der Waals surface area contributed by atoms with Crippen molar-refractivity contribution in [2.75, 3.05) is 18.0 Å². The number of rotatable bonds is 3. The van der Waals surface area contributed by atoms with Crippen LogP contribution in [0.25, 0.3) is 10.8 Å². The molecule has 0 spiro atoms. The van der Waals surface area contributed by atoms with Crippen molar-refractivity contribution < 1.29 is 9.59 Å². The van der Waals surface area contributed by atoms with Gasteiger partial charge in [0, 0.05) is 29.5 Å². The van der Waals surface area contributed by atoms with Gasteiger partial charge >= 0.3 is 0 Å². The summed E-state index contributed by atoms with van der Waals surface area (Å²) in [4.78, 5) is 26.6. The fraction of sp³-hybridized carbons (Fsp3) is 0.250. The lowest BCUT2D eigenvalue weighted by Gasteiger charge is -2.27. The maximum absolute atomic E-state index is 12.2. The molecule has 0 aromatic heterocycles. The van der Waals surface area contributed by atoms with Crippen LogP contribution in [0.15, 0.2) is 30.3 Å². The Kier molecular flexibility index (Phi) is 3.14. The normalized spacial score (nSPS) is 14.0. The largest absolute Gasteiger partial charge is 0.372 e. The van der Waals surface area contributed by atoms with Crippen LogP contribution in [0.3, 0.4) is 0 Å². The van der Waals surface area contributed by atoms with Crippen LogP contribution in [0.1, 0.15) is 34.6 Å². The predicted octanol–water partition coefficient (Wildman–Crippen LogP) is 2.16. The molecule has 0 unspecified atom stereocenters. The Bertz CT molecular complexity index is 728. The molecular formula is C16H17N3O2. The van der Waals surface area contributed by atoms with Gasteiger partial charge in [0.1, 0.15) is 0 Å². The van der Waals surface area contributed by atoms with Gasteiger partial charge in [-0.25, -0.2) is 10.9 Å². The van der Waals surface area contributed by atoms with E-state index in [1.807, 2.05) is 18.2 Å². The zero-order chi connectivity index (χ0) is 15.1. The van der Waals surface area contributed by atoms with Gasteiger partial charge in [0.15, 0.2) is 0 Å². The number of carbonyl (C=O) groups is 2. The Balaban J connectivity index is 2.37. The molecule has 3 rings (SSSR count). The van der Waals surface area contributed by atoms with Gasteiger partial charge in [0.05, 0.1) is 11.1 Å². The van der Waals surface area contributed by atoms with Crippen LogP contribution in [0.4, 0.5) is 5.69 Å². The summed E-state index contributed by atoms with van der Waals surface area (Å²) < 4.78 is 0. The van der Waals surface area contributed by atoms with E-state index in [1.54, 1.807) is 12.1 Å². The molecule has 21 heavy (non-hydrogen) atoms. The number of imide groups is 1. The zero-order valence-electron chi connectivity index (χ0n) is 12.1. The van der Waals surface area contributed by atoms with Crippen LogP contribution in [-0.4, -0.2) is 29.9 Å². The molecule has 0 saturated carbocycles. The molecule has 0 aliphatic carbocycles. The van der Waals surface area contributed by atoms with Crippen LogP contribution in [0, 0.1) is 0 Å². The summed E-state index contributed by atoms with van der Waals surface area (Å²) >= 11 is 0. The minimum atomic E-state index is -0.449. The predicted molar refractivity (Wildman–Crippen MR) is 82.2 cm³/mol. The van der Waals surface area contributed by atoms with E-state index >= 15 is 0 Å². The highest BCUT2D eigenvalue weighted by molar-refractivity contribution is 6.26. The second-order valence-electron chi connectivity index (χ2n) is 5.01. The second-order valence-corrected chi connectivity index (χ2v) is 5.01. The number of benzene rings is 2. The van der Waals surface area contributed by atoms with E-state index in [1.165, 1.54) is 0 Å². The maximum Gasteiger partial charge on any atom is 0.275 e. The first-order valence-electron chi connectivity index (χ1n) is 7.04. The molecule has 5 heteroatoms. The number of carbonyl (C=O) groups excluding carboxylic acids is 2. The van der Waals surface area contributed by atoms with Gasteiger partial charge in [-0.3, -0.25) is 9.59 Å².